The van der Waals surface area contributed by atoms with Gasteiger partial charge in [0.1, 0.15) is 17.5 Å². The zero-order chi connectivity index (χ0) is 18.4. The number of aromatic nitrogens is 4. The predicted molar refractivity (Wildman–Crippen MR) is 103 cm³/mol. The topological polar surface area (TPSA) is 80.0 Å². The zero-order valence-corrected chi connectivity index (χ0v) is 16.1. The molecule has 0 aromatic carbocycles. The van der Waals surface area contributed by atoms with Crippen LogP contribution in [0.5, 0.6) is 0 Å². The van der Waals surface area contributed by atoms with Gasteiger partial charge in [0.05, 0.1) is 0 Å². The number of halogens is 1. The molecule has 0 unspecified atom stereocenters. The van der Waals surface area contributed by atoms with Crippen molar-refractivity contribution in [2.75, 3.05) is 6.54 Å². The Morgan fingerprint density at radius 2 is 2.12 bits per heavy atom. The van der Waals surface area contributed by atoms with E-state index in [4.69, 9.17) is 16.6 Å². The summed E-state index contributed by atoms with van der Waals surface area (Å²) in [6, 6.07) is 4.32. The van der Waals surface area contributed by atoms with E-state index in [2.05, 4.69) is 25.8 Å². The number of rotatable bonds is 6. The van der Waals surface area contributed by atoms with Crippen LogP contribution in [0.2, 0.25) is 5.15 Å². The molecule has 1 aliphatic rings. The molecule has 2 aromatic heterocycles. The van der Waals surface area contributed by atoms with E-state index in [1.54, 1.807) is 0 Å². The van der Waals surface area contributed by atoms with Gasteiger partial charge in [0.2, 0.25) is 0 Å². The number of guanidine groups is 1. The molecule has 0 radical (unpaired) electrons. The molecule has 3 rings (SSSR count). The molecule has 2 N–H and O–H groups in total. The third-order valence-electron chi connectivity index (χ3n) is 4.75. The lowest BCUT2D eigenvalue weighted by molar-refractivity contribution is 0.610. The van der Waals surface area contributed by atoms with Crippen LogP contribution in [0.1, 0.15) is 42.9 Å². The lowest BCUT2D eigenvalue weighted by Crippen LogP contribution is -2.43. The van der Waals surface area contributed by atoms with Gasteiger partial charge in [-0.05, 0) is 37.8 Å². The van der Waals surface area contributed by atoms with Crippen molar-refractivity contribution < 1.29 is 0 Å². The highest BCUT2D eigenvalue weighted by molar-refractivity contribution is 6.29. The molecule has 26 heavy (non-hydrogen) atoms. The van der Waals surface area contributed by atoms with Crippen molar-refractivity contribution in [3.05, 3.63) is 40.7 Å². The minimum atomic E-state index is 0.500. The minimum Gasteiger partial charge on any atom is -0.356 e. The van der Waals surface area contributed by atoms with Crippen LogP contribution >= 0.6 is 11.6 Å². The van der Waals surface area contributed by atoms with Crippen LogP contribution in [0.4, 0.5) is 0 Å². The molecular weight excluding hydrogens is 350 g/mol. The molecule has 7 nitrogen and oxygen atoms in total. The molecule has 0 bridgehead atoms. The van der Waals surface area contributed by atoms with Crippen LogP contribution in [-0.4, -0.2) is 38.3 Å². The maximum absolute atomic E-state index is 5.84. The summed E-state index contributed by atoms with van der Waals surface area (Å²) >= 11 is 5.84. The monoisotopic (exact) mass is 375 g/mol. The first kappa shape index (κ1) is 18.6. The fraction of sp³-hybridized carbons (Fsp3) is 0.556. The third kappa shape index (κ3) is 5.17. The lowest BCUT2D eigenvalue weighted by atomic mass is 10.2. The van der Waals surface area contributed by atoms with Crippen molar-refractivity contribution in [3.8, 4) is 0 Å². The Morgan fingerprint density at radius 3 is 2.77 bits per heavy atom. The molecule has 8 heteroatoms. The van der Waals surface area contributed by atoms with E-state index in [9.17, 15) is 0 Å². The van der Waals surface area contributed by atoms with Crippen molar-refractivity contribution >= 4 is 17.6 Å². The highest BCUT2D eigenvalue weighted by Gasteiger charge is 2.16. The van der Waals surface area contributed by atoms with Crippen molar-refractivity contribution in [1.29, 1.82) is 0 Å². The summed E-state index contributed by atoms with van der Waals surface area (Å²) in [5.74, 6) is 2.58. The van der Waals surface area contributed by atoms with E-state index in [-0.39, 0.29) is 0 Å². The van der Waals surface area contributed by atoms with Crippen molar-refractivity contribution in [3.63, 3.8) is 0 Å². The summed E-state index contributed by atoms with van der Waals surface area (Å²) in [6.45, 7) is 3.22. The maximum atomic E-state index is 5.84. The highest BCUT2D eigenvalue weighted by Crippen LogP contribution is 2.17. The summed E-state index contributed by atoms with van der Waals surface area (Å²) < 4.78 is 1.97. The van der Waals surface area contributed by atoms with E-state index in [0.717, 1.165) is 36.1 Å². The van der Waals surface area contributed by atoms with Crippen LogP contribution in [0, 0.1) is 6.92 Å². The maximum Gasteiger partial charge on any atom is 0.191 e. The quantitative estimate of drug-likeness (QED) is 0.460. The van der Waals surface area contributed by atoms with E-state index in [1.165, 1.54) is 25.7 Å². The molecule has 1 fully saturated rings. The van der Waals surface area contributed by atoms with Gasteiger partial charge in [-0.3, -0.25) is 0 Å². The van der Waals surface area contributed by atoms with Gasteiger partial charge >= 0.3 is 0 Å². The van der Waals surface area contributed by atoms with Gasteiger partial charge in [-0.1, -0.05) is 30.5 Å². The highest BCUT2D eigenvalue weighted by atomic mass is 35.5. The third-order valence-corrected chi connectivity index (χ3v) is 4.98. The minimum absolute atomic E-state index is 0.500. The summed E-state index contributed by atoms with van der Waals surface area (Å²) in [5, 5.41) is 15.8. The Morgan fingerprint density at radius 1 is 1.31 bits per heavy atom. The predicted octanol–water partition coefficient (Wildman–Crippen LogP) is 2.39. The number of aliphatic imine (C=N–C) groups is 1. The van der Waals surface area contributed by atoms with Crippen molar-refractivity contribution in [1.82, 2.24) is 30.4 Å². The van der Waals surface area contributed by atoms with Crippen LogP contribution < -0.4 is 10.6 Å². The first-order chi connectivity index (χ1) is 12.6. The number of nitrogens with one attached hydrogen (secondary N) is 2. The van der Waals surface area contributed by atoms with Gasteiger partial charge in [0.15, 0.2) is 11.8 Å². The van der Waals surface area contributed by atoms with E-state index in [0.29, 0.717) is 17.7 Å². The van der Waals surface area contributed by atoms with Crippen LogP contribution in [0.25, 0.3) is 0 Å². The molecule has 2 heterocycles. The average Bonchev–Trinajstić information content (AvgIpc) is 3.25. The van der Waals surface area contributed by atoms with Gasteiger partial charge < -0.3 is 15.2 Å². The van der Waals surface area contributed by atoms with Gasteiger partial charge in [-0.25, -0.2) is 9.98 Å². The van der Waals surface area contributed by atoms with Crippen LogP contribution in [0.15, 0.2) is 23.3 Å². The molecule has 0 aliphatic heterocycles. The molecular formula is C18H26ClN7. The normalized spacial score (nSPS) is 15.4. The van der Waals surface area contributed by atoms with E-state index >= 15 is 0 Å². The molecule has 2 aromatic rings. The molecule has 0 amide bonds. The molecule has 1 aliphatic carbocycles. The zero-order valence-electron chi connectivity index (χ0n) is 15.4. The summed E-state index contributed by atoms with van der Waals surface area (Å²) in [6.07, 6.45) is 7.63. The SMILES string of the molecule is Cc1nnc(CN=C(NCCc2ccc(Cl)nc2)NC2CCCC2)n1C. The molecule has 1 saturated carbocycles. The van der Waals surface area contributed by atoms with Gasteiger partial charge in [-0.2, -0.15) is 0 Å². The van der Waals surface area contributed by atoms with E-state index < -0.39 is 0 Å². The first-order valence-electron chi connectivity index (χ1n) is 9.12. The Kier molecular flexibility index (Phi) is 6.44. The van der Waals surface area contributed by atoms with Crippen LogP contribution in [-0.2, 0) is 20.0 Å². The first-order valence-corrected chi connectivity index (χ1v) is 9.50. The summed E-state index contributed by atoms with van der Waals surface area (Å²) in [7, 11) is 1.96. The van der Waals surface area contributed by atoms with Gasteiger partial charge in [0.25, 0.3) is 0 Å². The summed E-state index contributed by atoms with van der Waals surface area (Å²) in [5.41, 5.74) is 1.14. The van der Waals surface area contributed by atoms with Crippen molar-refractivity contribution in [2.24, 2.45) is 12.0 Å². The van der Waals surface area contributed by atoms with Crippen molar-refractivity contribution in [2.45, 2.75) is 51.6 Å². The Bertz CT molecular complexity index is 732. The van der Waals surface area contributed by atoms with Gasteiger partial charge in [0, 0.05) is 25.8 Å². The molecule has 0 spiro atoms. The Labute approximate surface area is 159 Å². The number of hydrogen-bond donors (Lipinski definition) is 2. The number of aryl methyl sites for hydroxylation is 1. The largest absolute Gasteiger partial charge is 0.356 e. The van der Waals surface area contributed by atoms with E-state index in [1.807, 2.05) is 36.9 Å². The number of pyridine rings is 1. The summed E-state index contributed by atoms with van der Waals surface area (Å²) in [4.78, 5) is 8.83. The second-order valence-electron chi connectivity index (χ2n) is 6.68. The fourth-order valence-electron chi connectivity index (χ4n) is 3.03. The number of hydrogen-bond acceptors (Lipinski definition) is 4. The molecule has 140 valence electrons. The smallest absolute Gasteiger partial charge is 0.191 e. The Hall–Kier alpha value is -2.15. The molecule has 0 atom stereocenters. The second-order valence-corrected chi connectivity index (χ2v) is 7.07. The fourth-order valence-corrected chi connectivity index (χ4v) is 3.15. The van der Waals surface area contributed by atoms with Gasteiger partial charge in [-0.15, -0.1) is 10.2 Å². The average molecular weight is 376 g/mol. The number of nitrogens with zero attached hydrogens (tertiary/aromatic N) is 5. The molecule has 0 saturated heterocycles. The lowest BCUT2D eigenvalue weighted by Gasteiger charge is -2.17. The standard InChI is InChI=1S/C18H26ClN7/c1-13-24-25-17(26(13)2)12-22-18(23-15-5-3-4-6-15)20-10-9-14-7-8-16(19)21-11-14/h7-8,11,15H,3-6,9-10,12H2,1-2H3,(H2,20,22,23). The Balaban J connectivity index is 1.59. The van der Waals surface area contributed by atoms with Crippen LogP contribution in [0.3, 0.4) is 0 Å². The second kappa shape index (κ2) is 8.98.